The van der Waals surface area contributed by atoms with Crippen molar-refractivity contribution in [2.75, 3.05) is 11.4 Å². The number of benzene rings is 1. The van der Waals surface area contributed by atoms with Crippen LogP contribution in [0.2, 0.25) is 0 Å². The van der Waals surface area contributed by atoms with Gasteiger partial charge in [-0.25, -0.2) is 4.79 Å². The lowest BCUT2D eigenvalue weighted by molar-refractivity contribution is -0.117. The van der Waals surface area contributed by atoms with Gasteiger partial charge in [0.25, 0.3) is 0 Å². The number of hydrogen-bond donors (Lipinski definition) is 1. The average Bonchev–Trinajstić information content (AvgIpc) is 2.94. The van der Waals surface area contributed by atoms with Crippen LogP contribution in [-0.2, 0) is 16.0 Å². The minimum Gasteiger partial charge on any atom is -0.478 e. The van der Waals surface area contributed by atoms with Gasteiger partial charge in [0.2, 0.25) is 5.91 Å². The zero-order valence-electron chi connectivity index (χ0n) is 11.3. The maximum Gasteiger partial charge on any atom is 0.335 e. The van der Waals surface area contributed by atoms with Crippen molar-refractivity contribution in [1.82, 2.24) is 0 Å². The number of carbonyl (C=O) groups excluding carboxylic acids is 1. The van der Waals surface area contributed by atoms with Gasteiger partial charge in [-0.2, -0.15) is 0 Å². The number of ether oxygens (including phenoxy) is 1. The van der Waals surface area contributed by atoms with Gasteiger partial charge in [-0.1, -0.05) is 0 Å². The maximum absolute atomic E-state index is 12.1. The Morgan fingerprint density at radius 2 is 2.25 bits per heavy atom. The van der Waals surface area contributed by atoms with Gasteiger partial charge in [-0.15, -0.1) is 0 Å². The molecule has 20 heavy (non-hydrogen) atoms. The molecule has 1 amide bonds. The van der Waals surface area contributed by atoms with Crippen molar-refractivity contribution in [2.45, 2.75) is 38.4 Å². The molecule has 1 aromatic rings. The van der Waals surface area contributed by atoms with Gasteiger partial charge in [0.1, 0.15) is 0 Å². The fourth-order valence-electron chi connectivity index (χ4n) is 2.94. The van der Waals surface area contributed by atoms with E-state index >= 15 is 0 Å². The van der Waals surface area contributed by atoms with E-state index < -0.39 is 5.97 Å². The maximum atomic E-state index is 12.1. The van der Waals surface area contributed by atoms with Crippen LogP contribution in [0.15, 0.2) is 18.2 Å². The fourth-order valence-corrected chi connectivity index (χ4v) is 2.94. The van der Waals surface area contributed by atoms with Crippen molar-refractivity contribution in [1.29, 1.82) is 0 Å². The first-order chi connectivity index (χ1) is 9.54. The summed E-state index contributed by atoms with van der Waals surface area (Å²) in [5.74, 6) is -0.947. The van der Waals surface area contributed by atoms with Crippen LogP contribution < -0.4 is 4.90 Å². The van der Waals surface area contributed by atoms with E-state index in [0.29, 0.717) is 6.54 Å². The van der Waals surface area contributed by atoms with Crippen LogP contribution >= 0.6 is 0 Å². The predicted octanol–water partition coefficient (Wildman–Crippen LogP) is 1.84. The molecule has 0 spiro atoms. The van der Waals surface area contributed by atoms with Gasteiger partial charge < -0.3 is 14.7 Å². The van der Waals surface area contributed by atoms with Crippen LogP contribution in [0.3, 0.4) is 0 Å². The molecule has 0 radical (unpaired) electrons. The monoisotopic (exact) mass is 275 g/mol. The summed E-state index contributed by atoms with van der Waals surface area (Å²) in [4.78, 5) is 24.8. The summed E-state index contributed by atoms with van der Waals surface area (Å²) >= 11 is 0. The summed E-state index contributed by atoms with van der Waals surface area (Å²) in [5, 5.41) is 8.99. The molecular weight excluding hydrogens is 258 g/mol. The third-order valence-electron chi connectivity index (χ3n) is 3.97. The zero-order chi connectivity index (χ0) is 14.3. The molecule has 2 aliphatic rings. The zero-order valence-corrected chi connectivity index (χ0v) is 11.3. The van der Waals surface area contributed by atoms with Crippen molar-refractivity contribution < 1.29 is 19.4 Å². The van der Waals surface area contributed by atoms with E-state index in [1.54, 1.807) is 23.1 Å². The first-order valence-corrected chi connectivity index (χ1v) is 6.86. The summed E-state index contributed by atoms with van der Waals surface area (Å²) in [7, 11) is 0. The molecule has 1 saturated heterocycles. The first kappa shape index (κ1) is 13.1. The molecule has 0 aromatic heterocycles. The predicted molar refractivity (Wildman–Crippen MR) is 73.0 cm³/mol. The molecule has 3 rings (SSSR count). The highest BCUT2D eigenvalue weighted by atomic mass is 16.5. The number of fused-ring (bicyclic) bond motifs is 1. The van der Waals surface area contributed by atoms with E-state index in [-0.39, 0.29) is 30.1 Å². The van der Waals surface area contributed by atoms with E-state index in [4.69, 9.17) is 9.84 Å². The van der Waals surface area contributed by atoms with Gasteiger partial charge >= 0.3 is 5.97 Å². The molecule has 0 saturated carbocycles. The number of carbonyl (C=O) groups is 2. The van der Waals surface area contributed by atoms with Gasteiger partial charge in [0.05, 0.1) is 30.7 Å². The second kappa shape index (κ2) is 4.90. The molecule has 2 atom stereocenters. The number of rotatable bonds is 3. The second-order valence-corrected chi connectivity index (χ2v) is 5.48. The number of anilines is 1. The standard InChI is InChI=1S/C15H17NO4/c1-9-2-4-12(20-9)8-16-13-5-3-10(15(18)19)6-11(13)7-14(16)17/h3,5-6,9,12H,2,4,7-8H2,1H3,(H,18,19). The highest BCUT2D eigenvalue weighted by Crippen LogP contribution is 2.31. The van der Waals surface area contributed by atoms with Crippen molar-refractivity contribution in [3.05, 3.63) is 29.3 Å². The van der Waals surface area contributed by atoms with Crippen molar-refractivity contribution in [2.24, 2.45) is 0 Å². The molecule has 2 heterocycles. The number of nitrogens with zero attached hydrogens (tertiary/aromatic N) is 1. The number of hydrogen-bond acceptors (Lipinski definition) is 3. The van der Waals surface area contributed by atoms with Crippen LogP contribution in [0.5, 0.6) is 0 Å². The molecule has 0 bridgehead atoms. The Hall–Kier alpha value is -1.88. The third kappa shape index (κ3) is 2.29. The summed E-state index contributed by atoms with van der Waals surface area (Å²) in [6, 6.07) is 4.86. The Morgan fingerprint density at radius 3 is 2.90 bits per heavy atom. The molecule has 106 valence electrons. The van der Waals surface area contributed by atoms with Gasteiger partial charge in [0.15, 0.2) is 0 Å². The molecule has 2 unspecified atom stereocenters. The van der Waals surface area contributed by atoms with E-state index in [1.165, 1.54) is 0 Å². The lowest BCUT2D eigenvalue weighted by Gasteiger charge is -2.21. The van der Waals surface area contributed by atoms with E-state index in [1.807, 2.05) is 6.92 Å². The Morgan fingerprint density at radius 1 is 1.45 bits per heavy atom. The summed E-state index contributed by atoms with van der Waals surface area (Å²) < 4.78 is 5.76. The fraction of sp³-hybridized carbons (Fsp3) is 0.467. The Labute approximate surface area is 117 Å². The van der Waals surface area contributed by atoms with Crippen molar-refractivity contribution in [3.63, 3.8) is 0 Å². The number of aromatic carboxylic acids is 1. The van der Waals surface area contributed by atoms with E-state index in [9.17, 15) is 9.59 Å². The van der Waals surface area contributed by atoms with Crippen LogP contribution in [0.4, 0.5) is 5.69 Å². The molecule has 1 fully saturated rings. The summed E-state index contributed by atoms with van der Waals surface area (Å²) in [6.07, 6.45) is 2.61. The first-order valence-electron chi connectivity index (χ1n) is 6.86. The normalized spacial score (nSPS) is 25.1. The smallest absolute Gasteiger partial charge is 0.335 e. The largest absolute Gasteiger partial charge is 0.478 e. The van der Waals surface area contributed by atoms with Crippen molar-refractivity contribution >= 4 is 17.6 Å². The van der Waals surface area contributed by atoms with Crippen molar-refractivity contribution in [3.8, 4) is 0 Å². The molecule has 2 aliphatic heterocycles. The molecule has 5 heteroatoms. The van der Waals surface area contributed by atoms with Gasteiger partial charge in [-0.3, -0.25) is 4.79 Å². The van der Waals surface area contributed by atoms with E-state index in [0.717, 1.165) is 24.1 Å². The minimum absolute atomic E-state index is 0.0192. The SMILES string of the molecule is CC1CCC(CN2C(=O)Cc3cc(C(=O)O)ccc32)O1. The minimum atomic E-state index is -0.966. The Kier molecular flexibility index (Phi) is 3.22. The molecule has 5 nitrogen and oxygen atoms in total. The molecule has 1 aromatic carbocycles. The number of carboxylic acid groups (broad SMARTS) is 1. The molecular formula is C15H17NO4. The van der Waals surface area contributed by atoms with E-state index in [2.05, 4.69) is 0 Å². The second-order valence-electron chi connectivity index (χ2n) is 5.48. The van der Waals surface area contributed by atoms with Crippen LogP contribution in [-0.4, -0.2) is 35.7 Å². The Balaban J connectivity index is 1.81. The average molecular weight is 275 g/mol. The number of carboxylic acids is 1. The lowest BCUT2D eigenvalue weighted by Crippen LogP contribution is -2.34. The lowest BCUT2D eigenvalue weighted by atomic mass is 10.1. The quantitative estimate of drug-likeness (QED) is 0.914. The third-order valence-corrected chi connectivity index (χ3v) is 3.97. The molecule has 1 N–H and O–H groups in total. The highest BCUT2D eigenvalue weighted by molar-refractivity contribution is 6.02. The summed E-state index contributed by atoms with van der Waals surface area (Å²) in [5.41, 5.74) is 1.84. The molecule has 0 aliphatic carbocycles. The summed E-state index contributed by atoms with van der Waals surface area (Å²) in [6.45, 7) is 2.60. The van der Waals surface area contributed by atoms with Crippen LogP contribution in [0, 0.1) is 0 Å². The van der Waals surface area contributed by atoms with Crippen LogP contribution in [0.1, 0.15) is 35.7 Å². The topological polar surface area (TPSA) is 66.8 Å². The van der Waals surface area contributed by atoms with Gasteiger partial charge in [-0.05, 0) is 43.5 Å². The number of amides is 1. The highest BCUT2D eigenvalue weighted by Gasteiger charge is 2.32. The van der Waals surface area contributed by atoms with Crippen LogP contribution in [0.25, 0.3) is 0 Å². The Bertz CT molecular complexity index is 569. The van der Waals surface area contributed by atoms with Gasteiger partial charge in [0, 0.05) is 5.69 Å².